The van der Waals surface area contributed by atoms with Crippen molar-refractivity contribution in [3.8, 4) is 0 Å². The molecule has 1 unspecified atom stereocenters. The minimum atomic E-state index is 0.0763. The fourth-order valence-electron chi connectivity index (χ4n) is 1.74. The Bertz CT molecular complexity index is 503. The van der Waals surface area contributed by atoms with E-state index in [0.717, 1.165) is 38.2 Å². The topological polar surface area (TPSA) is 25.2 Å². The maximum atomic E-state index is 6.11. The highest BCUT2D eigenvalue weighted by atomic mass is 79.9. The summed E-state index contributed by atoms with van der Waals surface area (Å²) < 4.78 is 6.70. The third-order valence-electron chi connectivity index (χ3n) is 2.59. The number of rotatable bonds is 5. The zero-order valence-corrected chi connectivity index (χ0v) is 13.5. The highest BCUT2D eigenvalue weighted by Crippen LogP contribution is 2.37. The van der Waals surface area contributed by atoms with Crippen LogP contribution in [0.3, 0.4) is 0 Å². The molecule has 0 spiro atoms. The Hall–Kier alpha value is -0.290. The van der Waals surface area contributed by atoms with Crippen LogP contribution in [-0.2, 0) is 0 Å². The van der Waals surface area contributed by atoms with E-state index in [0.29, 0.717) is 0 Å². The van der Waals surface area contributed by atoms with Crippen LogP contribution in [0.5, 0.6) is 0 Å². The van der Waals surface area contributed by atoms with Crippen molar-refractivity contribution in [3.05, 3.63) is 43.4 Å². The summed E-state index contributed by atoms with van der Waals surface area (Å²) in [6.07, 6.45) is 1.08. The van der Waals surface area contributed by atoms with Crippen molar-refractivity contribution >= 4 is 38.9 Å². The minimum absolute atomic E-state index is 0.0763. The molecule has 2 nitrogen and oxygen atoms in total. The van der Waals surface area contributed by atoms with Gasteiger partial charge in [0, 0.05) is 4.88 Å². The summed E-state index contributed by atoms with van der Waals surface area (Å²) in [5.41, 5.74) is 0. The van der Waals surface area contributed by atoms with Crippen molar-refractivity contribution in [2.75, 3.05) is 6.54 Å². The maximum Gasteiger partial charge on any atom is 0.126 e. The van der Waals surface area contributed by atoms with Crippen LogP contribution in [0.2, 0.25) is 5.02 Å². The lowest BCUT2D eigenvalue weighted by Gasteiger charge is -2.14. The van der Waals surface area contributed by atoms with Crippen LogP contribution in [0.15, 0.2) is 26.4 Å². The third kappa shape index (κ3) is 3.18. The van der Waals surface area contributed by atoms with Crippen LogP contribution in [0.25, 0.3) is 0 Å². The van der Waals surface area contributed by atoms with Gasteiger partial charge < -0.3 is 9.73 Å². The molecule has 2 heterocycles. The standard InChI is InChI=1S/C13H15BrClNOS/c1-3-6-16-12(10-5-4-8(2)17-10)11-7-9(15)13(14)18-11/h4-5,7,12,16H,3,6H2,1-2H3. The van der Waals surface area contributed by atoms with Gasteiger partial charge in [-0.2, -0.15) is 0 Å². The Labute approximate surface area is 124 Å². The van der Waals surface area contributed by atoms with Crippen LogP contribution < -0.4 is 5.32 Å². The van der Waals surface area contributed by atoms with Crippen LogP contribution in [-0.4, -0.2) is 6.54 Å². The second kappa shape index (κ2) is 6.24. The molecule has 0 bridgehead atoms. The zero-order chi connectivity index (χ0) is 13.1. The molecular formula is C13H15BrClNOS. The highest BCUT2D eigenvalue weighted by molar-refractivity contribution is 9.11. The Kier molecular flexibility index (Phi) is 4.90. The average Bonchev–Trinajstić information content (AvgIpc) is 2.88. The number of thiophene rings is 1. The number of aryl methyl sites for hydroxylation is 1. The van der Waals surface area contributed by atoms with E-state index >= 15 is 0 Å². The van der Waals surface area contributed by atoms with Crippen LogP contribution in [0.1, 0.15) is 35.8 Å². The van der Waals surface area contributed by atoms with Gasteiger partial charge in [0.25, 0.3) is 0 Å². The van der Waals surface area contributed by atoms with Gasteiger partial charge in [-0.1, -0.05) is 18.5 Å². The normalized spacial score (nSPS) is 12.9. The lowest BCUT2D eigenvalue weighted by Crippen LogP contribution is -2.21. The molecule has 0 aliphatic carbocycles. The quantitative estimate of drug-likeness (QED) is 0.808. The predicted molar refractivity (Wildman–Crippen MR) is 80.6 cm³/mol. The molecule has 1 N–H and O–H groups in total. The van der Waals surface area contributed by atoms with E-state index < -0.39 is 0 Å². The SMILES string of the molecule is CCCNC(c1ccc(C)o1)c1cc(Cl)c(Br)s1. The minimum Gasteiger partial charge on any atom is -0.464 e. The molecular weight excluding hydrogens is 334 g/mol. The molecule has 18 heavy (non-hydrogen) atoms. The molecule has 5 heteroatoms. The first-order valence-corrected chi connectivity index (χ1v) is 7.85. The van der Waals surface area contributed by atoms with Crippen LogP contribution in [0.4, 0.5) is 0 Å². The van der Waals surface area contributed by atoms with E-state index in [1.165, 1.54) is 0 Å². The van der Waals surface area contributed by atoms with E-state index in [4.69, 9.17) is 16.0 Å². The Morgan fingerprint density at radius 1 is 1.50 bits per heavy atom. The summed E-state index contributed by atoms with van der Waals surface area (Å²) in [5, 5.41) is 4.24. The Morgan fingerprint density at radius 2 is 2.28 bits per heavy atom. The van der Waals surface area contributed by atoms with Crippen LogP contribution >= 0.6 is 38.9 Å². The number of furan rings is 1. The highest BCUT2D eigenvalue weighted by Gasteiger charge is 2.20. The summed E-state index contributed by atoms with van der Waals surface area (Å²) in [6.45, 7) is 5.05. The molecule has 0 saturated carbocycles. The van der Waals surface area contributed by atoms with Gasteiger partial charge in [-0.05, 0) is 54.0 Å². The van der Waals surface area contributed by atoms with E-state index in [-0.39, 0.29) is 6.04 Å². The summed E-state index contributed by atoms with van der Waals surface area (Å²) in [5.74, 6) is 1.86. The largest absolute Gasteiger partial charge is 0.464 e. The lowest BCUT2D eigenvalue weighted by molar-refractivity contribution is 0.433. The van der Waals surface area contributed by atoms with E-state index in [2.05, 4.69) is 28.2 Å². The molecule has 0 fully saturated rings. The van der Waals surface area contributed by atoms with Gasteiger partial charge in [0.15, 0.2) is 0 Å². The zero-order valence-electron chi connectivity index (χ0n) is 10.3. The molecule has 98 valence electrons. The first-order chi connectivity index (χ1) is 8.61. The molecule has 2 rings (SSSR count). The molecule has 2 aromatic rings. The molecule has 1 atom stereocenters. The van der Waals surface area contributed by atoms with E-state index in [9.17, 15) is 0 Å². The van der Waals surface area contributed by atoms with E-state index in [1.54, 1.807) is 11.3 Å². The summed E-state index contributed by atoms with van der Waals surface area (Å²) >= 11 is 11.2. The lowest BCUT2D eigenvalue weighted by atomic mass is 10.2. The monoisotopic (exact) mass is 347 g/mol. The Morgan fingerprint density at radius 3 is 2.78 bits per heavy atom. The van der Waals surface area contributed by atoms with Crippen molar-refractivity contribution in [2.24, 2.45) is 0 Å². The number of hydrogen-bond donors (Lipinski definition) is 1. The molecule has 0 amide bonds. The fourth-order valence-corrected chi connectivity index (χ4v) is 3.57. The Balaban J connectivity index is 2.30. The summed E-state index contributed by atoms with van der Waals surface area (Å²) in [4.78, 5) is 1.16. The number of hydrogen-bond acceptors (Lipinski definition) is 3. The average molecular weight is 349 g/mol. The van der Waals surface area contributed by atoms with Crippen molar-refractivity contribution < 1.29 is 4.42 Å². The van der Waals surface area contributed by atoms with Crippen molar-refractivity contribution in [1.82, 2.24) is 5.32 Å². The van der Waals surface area contributed by atoms with Gasteiger partial charge in [0.2, 0.25) is 0 Å². The number of nitrogens with one attached hydrogen (secondary N) is 1. The van der Waals surface area contributed by atoms with Gasteiger partial charge in [-0.25, -0.2) is 0 Å². The van der Waals surface area contributed by atoms with Gasteiger partial charge in [-0.3, -0.25) is 0 Å². The molecule has 0 aliphatic rings. The smallest absolute Gasteiger partial charge is 0.126 e. The summed E-state index contributed by atoms with van der Waals surface area (Å²) in [7, 11) is 0. The maximum absolute atomic E-state index is 6.11. The molecule has 0 aromatic carbocycles. The number of halogens is 2. The van der Waals surface area contributed by atoms with Crippen LogP contribution in [0, 0.1) is 6.92 Å². The van der Waals surface area contributed by atoms with Crippen molar-refractivity contribution in [1.29, 1.82) is 0 Å². The van der Waals surface area contributed by atoms with Gasteiger partial charge in [-0.15, -0.1) is 11.3 Å². The predicted octanol–water partition coefficient (Wildman–Crippen LogP) is 5.15. The second-order valence-corrected chi connectivity index (χ2v) is 6.91. The fraction of sp³-hybridized carbons (Fsp3) is 0.385. The first kappa shape index (κ1) is 14.1. The molecule has 0 saturated heterocycles. The second-order valence-electron chi connectivity index (χ2n) is 4.11. The first-order valence-electron chi connectivity index (χ1n) is 5.86. The summed E-state index contributed by atoms with van der Waals surface area (Å²) in [6, 6.07) is 6.07. The molecule has 2 aromatic heterocycles. The third-order valence-corrected chi connectivity index (χ3v) is 5.13. The van der Waals surface area contributed by atoms with Gasteiger partial charge in [0.1, 0.15) is 17.6 Å². The van der Waals surface area contributed by atoms with Gasteiger partial charge >= 0.3 is 0 Å². The van der Waals surface area contributed by atoms with Crippen molar-refractivity contribution in [3.63, 3.8) is 0 Å². The van der Waals surface area contributed by atoms with Gasteiger partial charge in [0.05, 0.1) is 8.81 Å². The van der Waals surface area contributed by atoms with E-state index in [1.807, 2.05) is 25.1 Å². The molecule has 0 radical (unpaired) electrons. The van der Waals surface area contributed by atoms with Crippen molar-refractivity contribution in [2.45, 2.75) is 26.3 Å². The molecule has 0 aliphatic heterocycles.